The molecule has 0 aliphatic carbocycles. The molecule has 0 fully saturated rings. The summed E-state index contributed by atoms with van der Waals surface area (Å²) in [4.78, 5) is 23.5. The Morgan fingerprint density at radius 1 is 1.09 bits per heavy atom. The number of fused-ring (bicyclic) bond motifs is 1. The van der Waals surface area contributed by atoms with Crippen molar-refractivity contribution in [3.8, 4) is 23.3 Å². The summed E-state index contributed by atoms with van der Waals surface area (Å²) in [5, 5.41) is 21.9. The molecule has 4 rings (SSSR count). The number of carbonyl (C=O) groups is 2. The van der Waals surface area contributed by atoms with Crippen LogP contribution in [0.25, 0.3) is 0 Å². The normalized spacial score (nSPS) is 14.2. The van der Waals surface area contributed by atoms with Gasteiger partial charge in [0.05, 0.1) is 22.2 Å². The maximum Gasteiger partial charge on any atom is 0.506 e. The molecule has 1 amide bonds. The SMILES string of the molecule is N#Cc1cc2c(cc1Oc1ccc(C(=O)Nc3ccc(Cl)c(Cl)c3)cc1)OCCC2OC(=O)O. The standard InChI is InChI=1S/C24H16Cl2N2O6/c25-18-6-3-15(10-19(18)26)28-23(29)13-1-4-16(5-2-13)33-21-11-22-17(9-14(21)12-27)20(7-8-32-22)34-24(30)31/h1-6,9-11,20H,7-8H2,(H,28,29)(H,30,31). The van der Waals surface area contributed by atoms with Crippen molar-refractivity contribution in [3.63, 3.8) is 0 Å². The van der Waals surface area contributed by atoms with Crippen LogP contribution in [0.1, 0.15) is 34.0 Å². The van der Waals surface area contributed by atoms with Gasteiger partial charge in [0.15, 0.2) is 0 Å². The molecule has 172 valence electrons. The van der Waals surface area contributed by atoms with Crippen LogP contribution in [0.2, 0.25) is 10.0 Å². The average Bonchev–Trinajstić information content (AvgIpc) is 2.81. The summed E-state index contributed by atoms with van der Waals surface area (Å²) in [6.45, 7) is 0.263. The van der Waals surface area contributed by atoms with Crippen molar-refractivity contribution in [1.82, 2.24) is 0 Å². The molecule has 0 saturated heterocycles. The van der Waals surface area contributed by atoms with Gasteiger partial charge >= 0.3 is 6.16 Å². The van der Waals surface area contributed by atoms with E-state index in [1.165, 1.54) is 12.1 Å². The minimum Gasteiger partial charge on any atom is -0.493 e. The number of hydrogen-bond donors (Lipinski definition) is 2. The number of halogens is 2. The zero-order valence-corrected chi connectivity index (χ0v) is 18.9. The topological polar surface area (TPSA) is 118 Å². The van der Waals surface area contributed by atoms with Crippen LogP contribution in [0.3, 0.4) is 0 Å². The Hall–Kier alpha value is -3.93. The highest BCUT2D eigenvalue weighted by Gasteiger charge is 2.27. The van der Waals surface area contributed by atoms with Crippen LogP contribution in [0.5, 0.6) is 17.2 Å². The molecule has 1 unspecified atom stereocenters. The van der Waals surface area contributed by atoms with Crippen molar-refractivity contribution in [2.75, 3.05) is 11.9 Å². The van der Waals surface area contributed by atoms with Gasteiger partial charge in [-0.05, 0) is 48.5 Å². The molecular formula is C24H16Cl2N2O6. The lowest BCUT2D eigenvalue weighted by atomic mass is 10.00. The molecule has 1 heterocycles. The number of rotatable bonds is 5. The first kappa shape index (κ1) is 23.2. The summed E-state index contributed by atoms with van der Waals surface area (Å²) in [5.41, 5.74) is 1.52. The lowest BCUT2D eigenvalue weighted by molar-refractivity contribution is 0.0326. The molecule has 0 radical (unpaired) electrons. The van der Waals surface area contributed by atoms with Crippen molar-refractivity contribution in [1.29, 1.82) is 5.26 Å². The number of anilines is 1. The van der Waals surface area contributed by atoms with Crippen LogP contribution >= 0.6 is 23.2 Å². The van der Waals surface area contributed by atoms with Crippen LogP contribution in [0.15, 0.2) is 54.6 Å². The molecule has 0 saturated carbocycles. The number of carbonyl (C=O) groups excluding carboxylic acids is 1. The zero-order valence-electron chi connectivity index (χ0n) is 17.4. The first-order valence-corrected chi connectivity index (χ1v) is 10.7. The van der Waals surface area contributed by atoms with Crippen molar-refractivity contribution >= 4 is 41.0 Å². The molecule has 3 aromatic carbocycles. The van der Waals surface area contributed by atoms with E-state index in [9.17, 15) is 14.9 Å². The molecule has 0 bridgehead atoms. The predicted molar refractivity (Wildman–Crippen MR) is 124 cm³/mol. The van der Waals surface area contributed by atoms with E-state index in [0.29, 0.717) is 44.8 Å². The fraction of sp³-hybridized carbons (Fsp3) is 0.125. The number of nitriles is 1. The Kier molecular flexibility index (Phi) is 6.77. The second-order valence-corrected chi connectivity index (χ2v) is 8.03. The highest BCUT2D eigenvalue weighted by Crippen LogP contribution is 2.40. The number of nitrogens with zero attached hydrogens (tertiary/aromatic N) is 1. The average molecular weight is 499 g/mol. The van der Waals surface area contributed by atoms with Crippen LogP contribution in [0, 0.1) is 11.3 Å². The Labute approximate surface area is 204 Å². The van der Waals surface area contributed by atoms with Crippen LogP contribution in [-0.2, 0) is 4.74 Å². The highest BCUT2D eigenvalue weighted by molar-refractivity contribution is 6.42. The number of amides is 1. The van der Waals surface area contributed by atoms with E-state index in [2.05, 4.69) is 5.32 Å². The second-order valence-electron chi connectivity index (χ2n) is 7.22. The first-order chi connectivity index (χ1) is 16.3. The maximum atomic E-state index is 12.5. The molecular weight excluding hydrogens is 483 g/mol. The third-order valence-corrected chi connectivity index (χ3v) is 5.72. The summed E-state index contributed by atoms with van der Waals surface area (Å²) < 4.78 is 16.3. The van der Waals surface area contributed by atoms with Crippen LogP contribution < -0.4 is 14.8 Å². The predicted octanol–water partition coefficient (Wildman–Crippen LogP) is 6.43. The Balaban J connectivity index is 1.51. The summed E-state index contributed by atoms with van der Waals surface area (Å²) >= 11 is 11.9. The number of benzene rings is 3. The van der Waals surface area contributed by atoms with E-state index in [-0.39, 0.29) is 23.8 Å². The Bertz CT molecular complexity index is 1300. The van der Waals surface area contributed by atoms with Crippen molar-refractivity contribution < 1.29 is 28.9 Å². The number of carboxylic acid groups (broad SMARTS) is 1. The molecule has 1 aliphatic rings. The number of hydrogen-bond acceptors (Lipinski definition) is 6. The smallest absolute Gasteiger partial charge is 0.493 e. The van der Waals surface area contributed by atoms with Gasteiger partial charge in [-0.25, -0.2) is 4.79 Å². The highest BCUT2D eigenvalue weighted by atomic mass is 35.5. The van der Waals surface area contributed by atoms with Crippen molar-refractivity contribution in [2.24, 2.45) is 0 Å². The molecule has 0 spiro atoms. The largest absolute Gasteiger partial charge is 0.506 e. The van der Waals surface area contributed by atoms with Gasteiger partial charge in [0.2, 0.25) is 0 Å². The Morgan fingerprint density at radius 2 is 1.85 bits per heavy atom. The van der Waals surface area contributed by atoms with E-state index >= 15 is 0 Å². The van der Waals surface area contributed by atoms with Gasteiger partial charge in [-0.2, -0.15) is 5.26 Å². The molecule has 34 heavy (non-hydrogen) atoms. The molecule has 3 aromatic rings. The molecule has 8 nitrogen and oxygen atoms in total. The van der Waals surface area contributed by atoms with Crippen molar-refractivity contribution in [3.05, 3.63) is 81.3 Å². The number of nitrogens with one attached hydrogen (secondary N) is 1. The molecule has 10 heteroatoms. The maximum absolute atomic E-state index is 12.5. The lowest BCUT2D eigenvalue weighted by Crippen LogP contribution is -2.19. The third-order valence-electron chi connectivity index (χ3n) is 4.98. The van der Waals surface area contributed by atoms with Gasteiger partial charge in [0.25, 0.3) is 5.91 Å². The second kappa shape index (κ2) is 9.91. The van der Waals surface area contributed by atoms with E-state index < -0.39 is 12.3 Å². The lowest BCUT2D eigenvalue weighted by Gasteiger charge is -2.25. The summed E-state index contributed by atoms with van der Waals surface area (Å²) in [5.74, 6) is 0.639. The molecule has 1 atom stereocenters. The van der Waals surface area contributed by atoms with Gasteiger partial charge in [-0.15, -0.1) is 0 Å². The summed E-state index contributed by atoms with van der Waals surface area (Å²) in [6.07, 6.45) is -1.79. The van der Waals surface area contributed by atoms with Gasteiger partial charge in [0.1, 0.15) is 29.4 Å². The summed E-state index contributed by atoms with van der Waals surface area (Å²) in [7, 11) is 0. The van der Waals surface area contributed by atoms with E-state index in [4.69, 9.17) is 42.5 Å². The van der Waals surface area contributed by atoms with Gasteiger partial charge in [-0.1, -0.05) is 23.2 Å². The van der Waals surface area contributed by atoms with E-state index in [1.807, 2.05) is 6.07 Å². The van der Waals surface area contributed by atoms with Gasteiger partial charge in [0, 0.05) is 29.3 Å². The number of ether oxygens (including phenoxy) is 3. The first-order valence-electron chi connectivity index (χ1n) is 9.99. The third kappa shape index (κ3) is 5.17. The zero-order chi connectivity index (χ0) is 24.2. The van der Waals surface area contributed by atoms with Crippen LogP contribution in [-0.4, -0.2) is 23.8 Å². The fourth-order valence-electron chi connectivity index (χ4n) is 3.38. The molecule has 1 aliphatic heterocycles. The van der Waals surface area contributed by atoms with Gasteiger partial charge < -0.3 is 24.6 Å². The summed E-state index contributed by atoms with van der Waals surface area (Å²) in [6, 6.07) is 16.1. The van der Waals surface area contributed by atoms with Crippen molar-refractivity contribution in [2.45, 2.75) is 12.5 Å². The minimum absolute atomic E-state index is 0.185. The minimum atomic E-state index is -1.40. The molecule has 0 aromatic heterocycles. The Morgan fingerprint density at radius 3 is 2.53 bits per heavy atom. The van der Waals surface area contributed by atoms with E-state index in [1.54, 1.807) is 42.5 Å². The van der Waals surface area contributed by atoms with Gasteiger partial charge in [-0.3, -0.25) is 4.79 Å². The van der Waals surface area contributed by atoms with E-state index in [0.717, 1.165) is 0 Å². The monoisotopic (exact) mass is 498 g/mol. The molecule has 2 N–H and O–H groups in total. The quantitative estimate of drug-likeness (QED) is 0.389. The fourth-order valence-corrected chi connectivity index (χ4v) is 3.68. The van der Waals surface area contributed by atoms with Crippen LogP contribution in [0.4, 0.5) is 10.5 Å².